The number of rotatable bonds is 3. The fourth-order valence-corrected chi connectivity index (χ4v) is 3.93. The largest absolute Gasteiger partial charge is 0.378 e. The van der Waals surface area contributed by atoms with Crippen molar-refractivity contribution in [3.8, 4) is 6.07 Å². The minimum atomic E-state index is 0.792. The number of hydrogen-bond donors (Lipinski definition) is 0. The number of nitrogens with zero attached hydrogens (tertiary/aromatic N) is 3. The second kappa shape index (κ2) is 6.33. The van der Waals surface area contributed by atoms with E-state index in [-0.39, 0.29) is 0 Å². The van der Waals surface area contributed by atoms with Gasteiger partial charge in [-0.05, 0) is 48.9 Å². The molecule has 1 aromatic carbocycles. The van der Waals surface area contributed by atoms with Crippen molar-refractivity contribution in [1.29, 1.82) is 5.26 Å². The van der Waals surface area contributed by atoms with Crippen LogP contribution in [0.15, 0.2) is 29.3 Å². The summed E-state index contributed by atoms with van der Waals surface area (Å²) in [6, 6.07) is 10.6. The Morgan fingerprint density at radius 3 is 2.59 bits per heavy atom. The summed E-state index contributed by atoms with van der Waals surface area (Å²) in [4.78, 5) is 8.01. The topological polar surface area (TPSA) is 39.4 Å². The van der Waals surface area contributed by atoms with Crippen molar-refractivity contribution in [1.82, 2.24) is 0 Å². The molecule has 112 valence electrons. The average molecular weight is 309 g/mol. The molecule has 0 radical (unpaired) electrons. The lowest BCUT2D eigenvalue weighted by Gasteiger charge is -2.11. The van der Waals surface area contributed by atoms with Gasteiger partial charge in [-0.25, -0.2) is 4.99 Å². The Morgan fingerprint density at radius 1 is 1.18 bits per heavy atom. The molecule has 1 aliphatic carbocycles. The molecule has 0 spiro atoms. The zero-order valence-corrected chi connectivity index (χ0v) is 13.8. The molecule has 0 amide bonds. The molecule has 0 saturated heterocycles. The van der Waals surface area contributed by atoms with Crippen LogP contribution in [0.5, 0.6) is 0 Å². The van der Waals surface area contributed by atoms with Crippen LogP contribution < -0.4 is 4.90 Å². The molecule has 22 heavy (non-hydrogen) atoms. The standard InChI is InChI=1S/C18H19N3S/c1-21(2)14-9-7-13(8-10-14)12-20-18-16(11-19)15-5-3-4-6-17(15)22-18/h7-10,12H,3-6H2,1-2H3/b20-12+. The highest BCUT2D eigenvalue weighted by molar-refractivity contribution is 7.16. The van der Waals surface area contributed by atoms with Crippen LogP contribution in [0.4, 0.5) is 10.7 Å². The molecule has 3 nitrogen and oxygen atoms in total. The third-order valence-corrected chi connectivity index (χ3v) is 5.20. The van der Waals surface area contributed by atoms with Gasteiger partial charge in [0.15, 0.2) is 0 Å². The first-order valence-electron chi connectivity index (χ1n) is 7.55. The summed E-state index contributed by atoms with van der Waals surface area (Å²) in [5.74, 6) is 0. The number of nitriles is 1. The number of benzene rings is 1. The number of hydrogen-bond acceptors (Lipinski definition) is 4. The van der Waals surface area contributed by atoms with Crippen LogP contribution in [0.2, 0.25) is 0 Å². The zero-order chi connectivity index (χ0) is 15.5. The van der Waals surface area contributed by atoms with Crippen molar-refractivity contribution in [2.75, 3.05) is 19.0 Å². The van der Waals surface area contributed by atoms with Crippen LogP contribution in [0.1, 0.15) is 34.4 Å². The van der Waals surface area contributed by atoms with E-state index in [1.807, 2.05) is 20.3 Å². The first-order valence-corrected chi connectivity index (χ1v) is 8.37. The van der Waals surface area contributed by atoms with E-state index >= 15 is 0 Å². The molecule has 0 aliphatic heterocycles. The molecule has 0 atom stereocenters. The Hall–Kier alpha value is -2.12. The maximum absolute atomic E-state index is 9.44. The van der Waals surface area contributed by atoms with Gasteiger partial charge in [-0.2, -0.15) is 5.26 Å². The molecule has 0 saturated carbocycles. The van der Waals surface area contributed by atoms with Gasteiger partial charge < -0.3 is 4.90 Å². The van der Waals surface area contributed by atoms with Crippen molar-refractivity contribution < 1.29 is 0 Å². The Balaban J connectivity index is 1.86. The number of aliphatic imine (C=N–C) groups is 1. The number of aryl methyl sites for hydroxylation is 1. The van der Waals surface area contributed by atoms with Gasteiger partial charge in [-0.1, -0.05) is 12.1 Å². The number of anilines is 1. The minimum absolute atomic E-state index is 0.792. The van der Waals surface area contributed by atoms with E-state index in [0.29, 0.717) is 0 Å². The molecule has 0 fully saturated rings. The molecular weight excluding hydrogens is 290 g/mol. The highest BCUT2D eigenvalue weighted by atomic mass is 32.1. The lowest BCUT2D eigenvalue weighted by Crippen LogP contribution is -2.08. The van der Waals surface area contributed by atoms with Crippen LogP contribution in [-0.2, 0) is 12.8 Å². The third kappa shape index (κ3) is 2.90. The summed E-state index contributed by atoms with van der Waals surface area (Å²) in [5.41, 5.74) is 4.26. The first-order chi connectivity index (χ1) is 10.7. The van der Waals surface area contributed by atoms with E-state index < -0.39 is 0 Å². The summed E-state index contributed by atoms with van der Waals surface area (Å²) in [5, 5.41) is 10.3. The average Bonchev–Trinajstić information content (AvgIpc) is 2.90. The SMILES string of the molecule is CN(C)c1ccc(/C=N/c2sc3c(c2C#N)CCCC3)cc1. The van der Waals surface area contributed by atoms with Crippen molar-refractivity contribution in [3.63, 3.8) is 0 Å². The number of fused-ring (bicyclic) bond motifs is 1. The normalized spacial score (nSPS) is 13.9. The van der Waals surface area contributed by atoms with Gasteiger partial charge in [0.1, 0.15) is 11.1 Å². The van der Waals surface area contributed by atoms with Gasteiger partial charge in [0.25, 0.3) is 0 Å². The van der Waals surface area contributed by atoms with E-state index in [1.54, 1.807) is 11.3 Å². The third-order valence-electron chi connectivity index (χ3n) is 4.00. The fraction of sp³-hybridized carbons (Fsp3) is 0.333. The summed E-state index contributed by atoms with van der Waals surface area (Å²) in [6.07, 6.45) is 6.40. The predicted molar refractivity (Wildman–Crippen MR) is 93.7 cm³/mol. The maximum Gasteiger partial charge on any atom is 0.134 e. The summed E-state index contributed by atoms with van der Waals surface area (Å²) >= 11 is 1.69. The molecule has 3 rings (SSSR count). The van der Waals surface area contributed by atoms with Crippen LogP contribution in [0, 0.1) is 11.3 Å². The van der Waals surface area contributed by atoms with E-state index in [4.69, 9.17) is 0 Å². The van der Waals surface area contributed by atoms with Crippen molar-refractivity contribution in [3.05, 3.63) is 45.8 Å². The van der Waals surface area contributed by atoms with Gasteiger partial charge >= 0.3 is 0 Å². The summed E-state index contributed by atoms with van der Waals surface area (Å²) in [6.45, 7) is 0. The highest BCUT2D eigenvalue weighted by Gasteiger charge is 2.19. The maximum atomic E-state index is 9.44. The van der Waals surface area contributed by atoms with Crippen LogP contribution >= 0.6 is 11.3 Å². The van der Waals surface area contributed by atoms with Gasteiger partial charge in [-0.3, -0.25) is 0 Å². The molecular formula is C18H19N3S. The van der Waals surface area contributed by atoms with Crippen molar-refractivity contribution >= 4 is 28.2 Å². The minimum Gasteiger partial charge on any atom is -0.378 e. The van der Waals surface area contributed by atoms with E-state index in [9.17, 15) is 5.26 Å². The molecule has 0 bridgehead atoms. The van der Waals surface area contributed by atoms with Crippen LogP contribution in [0.3, 0.4) is 0 Å². The van der Waals surface area contributed by atoms with Crippen LogP contribution in [0.25, 0.3) is 0 Å². The van der Waals surface area contributed by atoms with E-state index in [1.165, 1.54) is 29.0 Å². The fourth-order valence-electron chi connectivity index (χ4n) is 2.75. The molecule has 1 aliphatic rings. The summed E-state index contributed by atoms with van der Waals surface area (Å²) < 4.78 is 0. The second-order valence-electron chi connectivity index (χ2n) is 5.75. The highest BCUT2D eigenvalue weighted by Crippen LogP contribution is 2.39. The Bertz CT molecular complexity index is 733. The van der Waals surface area contributed by atoms with Gasteiger partial charge in [0, 0.05) is 30.9 Å². The molecule has 0 N–H and O–H groups in total. The van der Waals surface area contributed by atoms with Crippen molar-refractivity contribution in [2.24, 2.45) is 4.99 Å². The quantitative estimate of drug-likeness (QED) is 0.792. The second-order valence-corrected chi connectivity index (χ2v) is 6.83. The molecule has 1 heterocycles. The molecule has 2 aromatic rings. The smallest absolute Gasteiger partial charge is 0.134 e. The zero-order valence-electron chi connectivity index (χ0n) is 13.0. The lowest BCUT2D eigenvalue weighted by atomic mass is 9.96. The van der Waals surface area contributed by atoms with Crippen molar-refractivity contribution in [2.45, 2.75) is 25.7 Å². The van der Waals surface area contributed by atoms with Gasteiger partial charge in [0.05, 0.1) is 5.56 Å². The first kappa shape index (κ1) is 14.8. The monoisotopic (exact) mass is 309 g/mol. The molecule has 0 unspecified atom stereocenters. The Morgan fingerprint density at radius 2 is 1.91 bits per heavy atom. The molecule has 4 heteroatoms. The summed E-state index contributed by atoms with van der Waals surface area (Å²) in [7, 11) is 4.05. The Labute approximate surface area is 135 Å². The van der Waals surface area contributed by atoms with Gasteiger partial charge in [0.2, 0.25) is 0 Å². The Kier molecular flexibility index (Phi) is 4.26. The van der Waals surface area contributed by atoms with E-state index in [2.05, 4.69) is 40.2 Å². The predicted octanol–water partition coefficient (Wildman–Crippen LogP) is 4.32. The van der Waals surface area contributed by atoms with Crippen LogP contribution in [-0.4, -0.2) is 20.3 Å². The molecule has 1 aromatic heterocycles. The lowest BCUT2D eigenvalue weighted by molar-refractivity contribution is 0.696. The number of thiophene rings is 1. The van der Waals surface area contributed by atoms with E-state index in [0.717, 1.165) is 29.0 Å². The van der Waals surface area contributed by atoms with Gasteiger partial charge in [-0.15, -0.1) is 11.3 Å².